The van der Waals surface area contributed by atoms with Gasteiger partial charge in [-0.1, -0.05) is 23.7 Å². The van der Waals surface area contributed by atoms with Crippen LogP contribution < -0.4 is 15.0 Å². The van der Waals surface area contributed by atoms with Crippen molar-refractivity contribution in [1.29, 1.82) is 0 Å². The Labute approximate surface area is 153 Å². The van der Waals surface area contributed by atoms with Crippen LogP contribution in [0.3, 0.4) is 0 Å². The summed E-state index contributed by atoms with van der Waals surface area (Å²) < 4.78 is 5.43. The van der Waals surface area contributed by atoms with Crippen molar-refractivity contribution >= 4 is 29.0 Å². The highest BCUT2D eigenvalue weighted by molar-refractivity contribution is 6.30. The smallest absolute Gasteiger partial charge is 0.321 e. The molecule has 1 heterocycles. The van der Waals surface area contributed by atoms with E-state index in [0.717, 1.165) is 35.8 Å². The second kappa shape index (κ2) is 7.66. The van der Waals surface area contributed by atoms with Crippen LogP contribution in [0.25, 0.3) is 0 Å². The van der Waals surface area contributed by atoms with Gasteiger partial charge in [-0.3, -0.25) is 0 Å². The zero-order chi connectivity index (χ0) is 17.8. The fourth-order valence-electron chi connectivity index (χ4n) is 3.00. The maximum absolute atomic E-state index is 12.5. The van der Waals surface area contributed by atoms with Gasteiger partial charge in [0.05, 0.1) is 12.8 Å². The van der Waals surface area contributed by atoms with Crippen molar-refractivity contribution in [3.8, 4) is 5.75 Å². The van der Waals surface area contributed by atoms with Gasteiger partial charge in [-0.15, -0.1) is 0 Å². The van der Waals surface area contributed by atoms with Crippen LogP contribution in [-0.4, -0.2) is 44.2 Å². The molecule has 2 amide bonds. The number of carbonyl (C=O) groups is 1. The van der Waals surface area contributed by atoms with E-state index in [1.54, 1.807) is 13.2 Å². The molecular formula is C19H22ClN3O2. The van der Waals surface area contributed by atoms with Crippen LogP contribution in [0.15, 0.2) is 42.5 Å². The Morgan fingerprint density at radius 2 is 1.84 bits per heavy atom. The van der Waals surface area contributed by atoms with Gasteiger partial charge in [0.1, 0.15) is 5.75 Å². The molecule has 5 nitrogen and oxygen atoms in total. The van der Waals surface area contributed by atoms with Crippen LogP contribution in [0.1, 0.15) is 5.56 Å². The highest BCUT2D eigenvalue weighted by Crippen LogP contribution is 2.28. The lowest BCUT2D eigenvalue weighted by atomic mass is 10.2. The summed E-state index contributed by atoms with van der Waals surface area (Å²) in [7, 11) is 1.68. The number of hydrogen-bond acceptors (Lipinski definition) is 3. The van der Waals surface area contributed by atoms with Gasteiger partial charge in [0, 0.05) is 36.9 Å². The van der Waals surface area contributed by atoms with Crippen LogP contribution in [0, 0.1) is 6.92 Å². The number of anilines is 2. The largest absolute Gasteiger partial charge is 0.495 e. The first kappa shape index (κ1) is 17.4. The lowest BCUT2D eigenvalue weighted by Gasteiger charge is -2.36. The molecule has 6 heteroatoms. The van der Waals surface area contributed by atoms with Gasteiger partial charge >= 0.3 is 6.03 Å². The van der Waals surface area contributed by atoms with Crippen molar-refractivity contribution in [2.75, 3.05) is 43.5 Å². The van der Waals surface area contributed by atoms with Crippen molar-refractivity contribution in [1.82, 2.24) is 4.90 Å². The SMILES string of the molecule is COc1ccccc1N1CCN(C(=O)Nc2ccc(Cl)cc2C)CC1. The van der Waals surface area contributed by atoms with Crippen LogP contribution in [0.2, 0.25) is 5.02 Å². The summed E-state index contributed by atoms with van der Waals surface area (Å²) in [6.07, 6.45) is 0. The molecule has 2 aromatic rings. The number of rotatable bonds is 3. The molecule has 0 aromatic heterocycles. The predicted octanol–water partition coefficient (Wildman–Crippen LogP) is 4.01. The summed E-state index contributed by atoms with van der Waals surface area (Å²) in [6.45, 7) is 4.80. The van der Waals surface area contributed by atoms with Gasteiger partial charge < -0.3 is 19.9 Å². The number of piperazine rings is 1. The Hall–Kier alpha value is -2.40. The first-order valence-corrected chi connectivity index (χ1v) is 8.66. The van der Waals surface area contributed by atoms with E-state index in [1.165, 1.54) is 0 Å². The number of urea groups is 1. The predicted molar refractivity (Wildman–Crippen MR) is 102 cm³/mol. The molecule has 1 saturated heterocycles. The van der Waals surface area contributed by atoms with E-state index in [1.807, 2.05) is 48.2 Å². The molecule has 0 spiro atoms. The van der Waals surface area contributed by atoms with Gasteiger partial charge in [-0.2, -0.15) is 0 Å². The van der Waals surface area contributed by atoms with Crippen LogP contribution in [0.4, 0.5) is 16.2 Å². The monoisotopic (exact) mass is 359 g/mol. The molecule has 0 saturated carbocycles. The molecule has 1 aliphatic heterocycles. The Kier molecular flexibility index (Phi) is 5.34. The highest BCUT2D eigenvalue weighted by atomic mass is 35.5. The molecule has 1 aliphatic rings. The number of benzene rings is 2. The van der Waals surface area contributed by atoms with E-state index in [9.17, 15) is 4.79 Å². The minimum Gasteiger partial charge on any atom is -0.495 e. The number of amides is 2. The highest BCUT2D eigenvalue weighted by Gasteiger charge is 2.23. The minimum absolute atomic E-state index is 0.0786. The van der Waals surface area contributed by atoms with Gasteiger partial charge in [-0.05, 0) is 42.8 Å². The van der Waals surface area contributed by atoms with E-state index in [4.69, 9.17) is 16.3 Å². The number of nitrogens with zero attached hydrogens (tertiary/aromatic N) is 2. The normalized spacial score (nSPS) is 14.4. The molecule has 3 rings (SSSR count). The average molecular weight is 360 g/mol. The standard InChI is InChI=1S/C19H22ClN3O2/c1-14-13-15(20)7-8-16(14)21-19(24)23-11-9-22(10-12-23)17-5-3-4-6-18(17)25-2/h3-8,13H,9-12H2,1-2H3,(H,21,24). The quantitative estimate of drug-likeness (QED) is 0.900. The molecule has 0 unspecified atom stereocenters. The number of ether oxygens (including phenoxy) is 1. The Balaban J connectivity index is 1.61. The fourth-order valence-corrected chi connectivity index (χ4v) is 3.23. The number of carbonyl (C=O) groups excluding carboxylic acids is 1. The summed E-state index contributed by atoms with van der Waals surface area (Å²) in [5.74, 6) is 0.859. The lowest BCUT2D eigenvalue weighted by molar-refractivity contribution is 0.208. The first-order valence-electron chi connectivity index (χ1n) is 8.28. The molecule has 0 radical (unpaired) electrons. The Bertz CT molecular complexity index is 758. The van der Waals surface area contributed by atoms with Crippen LogP contribution in [0.5, 0.6) is 5.75 Å². The van der Waals surface area contributed by atoms with Gasteiger partial charge in [0.25, 0.3) is 0 Å². The second-order valence-corrected chi connectivity index (χ2v) is 6.47. The number of nitrogens with one attached hydrogen (secondary N) is 1. The number of para-hydroxylation sites is 2. The summed E-state index contributed by atoms with van der Waals surface area (Å²) >= 11 is 5.96. The third kappa shape index (κ3) is 3.99. The summed E-state index contributed by atoms with van der Waals surface area (Å²) in [6, 6.07) is 13.3. The summed E-state index contributed by atoms with van der Waals surface area (Å²) in [5.41, 5.74) is 2.81. The van der Waals surface area contributed by atoms with E-state index in [2.05, 4.69) is 10.2 Å². The van der Waals surface area contributed by atoms with E-state index in [0.29, 0.717) is 18.1 Å². The number of aryl methyl sites for hydroxylation is 1. The molecule has 0 bridgehead atoms. The minimum atomic E-state index is -0.0786. The van der Waals surface area contributed by atoms with Crippen molar-refractivity contribution in [3.63, 3.8) is 0 Å². The molecule has 1 fully saturated rings. The van der Waals surface area contributed by atoms with Gasteiger partial charge in [-0.25, -0.2) is 4.79 Å². The zero-order valence-electron chi connectivity index (χ0n) is 14.5. The van der Waals surface area contributed by atoms with Crippen molar-refractivity contribution in [2.45, 2.75) is 6.92 Å². The Morgan fingerprint density at radius 3 is 2.52 bits per heavy atom. The number of hydrogen-bond donors (Lipinski definition) is 1. The van der Waals surface area contributed by atoms with Gasteiger partial charge in [0.2, 0.25) is 0 Å². The zero-order valence-corrected chi connectivity index (χ0v) is 15.2. The number of halogens is 1. The third-order valence-corrected chi connectivity index (χ3v) is 4.66. The second-order valence-electron chi connectivity index (χ2n) is 6.04. The summed E-state index contributed by atoms with van der Waals surface area (Å²) in [5, 5.41) is 3.64. The van der Waals surface area contributed by atoms with Gasteiger partial charge in [0.15, 0.2) is 0 Å². The van der Waals surface area contributed by atoms with Crippen molar-refractivity contribution in [3.05, 3.63) is 53.1 Å². The molecule has 0 atom stereocenters. The third-order valence-electron chi connectivity index (χ3n) is 4.42. The molecule has 25 heavy (non-hydrogen) atoms. The average Bonchev–Trinajstić information content (AvgIpc) is 2.64. The Morgan fingerprint density at radius 1 is 1.12 bits per heavy atom. The summed E-state index contributed by atoms with van der Waals surface area (Å²) in [4.78, 5) is 16.6. The van der Waals surface area contributed by atoms with E-state index < -0.39 is 0 Å². The first-order chi connectivity index (χ1) is 12.1. The maximum atomic E-state index is 12.5. The fraction of sp³-hybridized carbons (Fsp3) is 0.316. The number of methoxy groups -OCH3 is 1. The van der Waals surface area contributed by atoms with Crippen LogP contribution in [-0.2, 0) is 0 Å². The van der Waals surface area contributed by atoms with E-state index in [-0.39, 0.29) is 6.03 Å². The molecule has 2 aromatic carbocycles. The van der Waals surface area contributed by atoms with E-state index >= 15 is 0 Å². The maximum Gasteiger partial charge on any atom is 0.321 e. The van der Waals surface area contributed by atoms with Crippen molar-refractivity contribution in [2.24, 2.45) is 0 Å². The lowest BCUT2D eigenvalue weighted by Crippen LogP contribution is -2.50. The molecule has 1 N–H and O–H groups in total. The van der Waals surface area contributed by atoms with Crippen LogP contribution >= 0.6 is 11.6 Å². The molecule has 132 valence electrons. The van der Waals surface area contributed by atoms with Crippen molar-refractivity contribution < 1.29 is 9.53 Å². The molecular weight excluding hydrogens is 338 g/mol. The molecule has 0 aliphatic carbocycles. The topological polar surface area (TPSA) is 44.8 Å².